The Morgan fingerprint density at radius 3 is 0.667 bits per heavy atom. The number of ether oxygens (including phenoxy) is 2. The van der Waals surface area contributed by atoms with Gasteiger partial charge in [0.2, 0.25) is 0 Å². The van der Waals surface area contributed by atoms with Crippen LogP contribution in [0.5, 0.6) is 0 Å². The molecule has 0 aliphatic heterocycles. The summed E-state index contributed by atoms with van der Waals surface area (Å²) in [6.45, 7) is 4.36. The SMILES string of the molecule is CCCCCCCCCCCCCCCCCCCCCCCCCCCCCCCCCCCCCCCCCCCC(=O)OC(COC(=O)CCCCCCCCCCCCCCCCCCCCCCCCCCCCCCCCC)COP(=O)([O-])OCC[N+](C)(C)C. The van der Waals surface area contributed by atoms with Crippen LogP contribution in [0, 0.1) is 0 Å². The quantitative estimate of drug-likeness (QED) is 0.0256. The smallest absolute Gasteiger partial charge is 0.306 e. The minimum Gasteiger partial charge on any atom is -0.756 e. The number of likely N-dealkylation sites (N-methyl/N-ethyl adjacent to an activating group) is 1. The molecule has 0 spiro atoms. The average molecular weight is 1380 g/mol. The summed E-state index contributed by atoms with van der Waals surface area (Å²) in [5, 5.41) is 0. The molecule has 0 aromatic rings. The largest absolute Gasteiger partial charge is 0.756 e. The maximum absolute atomic E-state index is 12.9. The van der Waals surface area contributed by atoms with Gasteiger partial charge in [0, 0.05) is 12.8 Å². The number of hydrogen-bond donors (Lipinski definition) is 0. The summed E-state index contributed by atoms with van der Waals surface area (Å²) in [7, 11) is 1.20. The van der Waals surface area contributed by atoms with Crippen molar-refractivity contribution in [3.63, 3.8) is 0 Å². The molecule has 0 saturated carbocycles. The van der Waals surface area contributed by atoms with E-state index >= 15 is 0 Å². The van der Waals surface area contributed by atoms with E-state index in [1.807, 2.05) is 21.1 Å². The van der Waals surface area contributed by atoms with Crippen LogP contribution < -0.4 is 4.89 Å². The molecule has 0 saturated heterocycles. The van der Waals surface area contributed by atoms with Crippen LogP contribution in [0.3, 0.4) is 0 Å². The van der Waals surface area contributed by atoms with Crippen LogP contribution in [0.4, 0.5) is 0 Å². The van der Waals surface area contributed by atoms with Gasteiger partial charge in [-0.2, -0.15) is 0 Å². The van der Waals surface area contributed by atoms with Crippen LogP contribution in [-0.2, 0) is 32.7 Å². The van der Waals surface area contributed by atoms with Gasteiger partial charge >= 0.3 is 11.9 Å². The van der Waals surface area contributed by atoms with E-state index in [9.17, 15) is 19.0 Å². The van der Waals surface area contributed by atoms with E-state index < -0.39 is 26.5 Å². The lowest BCUT2D eigenvalue weighted by atomic mass is 10.0. The second-order valence-electron chi connectivity index (χ2n) is 31.6. The lowest BCUT2D eigenvalue weighted by molar-refractivity contribution is -0.870. The number of rotatable bonds is 84. The zero-order valence-corrected chi connectivity index (χ0v) is 66.8. The summed E-state index contributed by atoms with van der Waals surface area (Å²) >= 11 is 0. The molecule has 0 aliphatic carbocycles. The van der Waals surface area contributed by atoms with Gasteiger partial charge in [0.15, 0.2) is 6.10 Å². The van der Waals surface area contributed by atoms with Gasteiger partial charge in [-0.3, -0.25) is 14.2 Å². The first kappa shape index (κ1) is 95.0. The van der Waals surface area contributed by atoms with E-state index in [1.54, 1.807) is 0 Å². The maximum atomic E-state index is 12.9. The molecule has 0 amide bonds. The molecule has 0 bridgehead atoms. The zero-order valence-electron chi connectivity index (χ0n) is 65.9. The van der Waals surface area contributed by atoms with E-state index in [4.69, 9.17) is 18.5 Å². The third kappa shape index (κ3) is 82.0. The fourth-order valence-electron chi connectivity index (χ4n) is 14.0. The number of hydrogen-bond acceptors (Lipinski definition) is 8. The van der Waals surface area contributed by atoms with Crippen molar-refractivity contribution in [2.45, 2.75) is 495 Å². The summed E-state index contributed by atoms with van der Waals surface area (Å²) in [4.78, 5) is 38.2. The number of carbonyl (C=O) groups is 2. The lowest BCUT2D eigenvalue weighted by Gasteiger charge is -2.28. The molecule has 2 unspecified atom stereocenters. The number of quaternary nitrogens is 1. The Hall–Kier alpha value is -0.990. The Morgan fingerprint density at radius 2 is 0.469 bits per heavy atom. The highest BCUT2D eigenvalue weighted by Gasteiger charge is 2.22. The van der Waals surface area contributed by atoms with Crippen LogP contribution in [0.25, 0.3) is 0 Å². The van der Waals surface area contributed by atoms with Crippen molar-refractivity contribution in [1.82, 2.24) is 0 Å². The molecule has 0 heterocycles. The molecule has 96 heavy (non-hydrogen) atoms. The molecule has 0 radical (unpaired) electrons. The Morgan fingerprint density at radius 1 is 0.281 bits per heavy atom. The Balaban J connectivity index is 3.82. The highest BCUT2D eigenvalue weighted by molar-refractivity contribution is 7.45. The summed E-state index contributed by atoms with van der Waals surface area (Å²) in [6.07, 6.45) is 98.5. The lowest BCUT2D eigenvalue weighted by Crippen LogP contribution is -2.37. The predicted molar refractivity (Wildman–Crippen MR) is 416 cm³/mol. The van der Waals surface area contributed by atoms with Crippen molar-refractivity contribution >= 4 is 19.8 Å². The molecule has 0 aliphatic rings. The molecule has 10 heteroatoms. The topological polar surface area (TPSA) is 111 Å². The minimum atomic E-state index is -4.64. The summed E-state index contributed by atoms with van der Waals surface area (Å²) < 4.78 is 34.5. The van der Waals surface area contributed by atoms with Gasteiger partial charge in [0.25, 0.3) is 7.82 Å². The normalized spacial score (nSPS) is 12.9. The Labute approximate surface area is 601 Å². The fourth-order valence-corrected chi connectivity index (χ4v) is 14.7. The van der Waals surface area contributed by atoms with Gasteiger partial charge < -0.3 is 27.9 Å². The van der Waals surface area contributed by atoms with E-state index in [1.165, 1.54) is 424 Å². The van der Waals surface area contributed by atoms with E-state index in [-0.39, 0.29) is 32.0 Å². The first-order valence-electron chi connectivity index (χ1n) is 43.7. The molecule has 0 aromatic carbocycles. The van der Waals surface area contributed by atoms with Gasteiger partial charge in [0.1, 0.15) is 19.8 Å². The van der Waals surface area contributed by atoms with Crippen molar-refractivity contribution in [3.05, 3.63) is 0 Å². The van der Waals surface area contributed by atoms with Crippen molar-refractivity contribution < 1.29 is 42.1 Å². The summed E-state index contributed by atoms with van der Waals surface area (Å²) in [5.74, 6) is -0.799. The Bertz CT molecular complexity index is 1570. The van der Waals surface area contributed by atoms with Crippen molar-refractivity contribution in [3.8, 4) is 0 Å². The van der Waals surface area contributed by atoms with Crippen LogP contribution in [0.1, 0.15) is 489 Å². The van der Waals surface area contributed by atoms with Crippen molar-refractivity contribution in [1.29, 1.82) is 0 Å². The molecule has 0 aromatic heterocycles. The summed E-state index contributed by atoms with van der Waals surface area (Å²) in [5.41, 5.74) is 0. The van der Waals surface area contributed by atoms with Gasteiger partial charge in [-0.1, -0.05) is 463 Å². The van der Waals surface area contributed by atoms with E-state index in [0.29, 0.717) is 17.4 Å². The van der Waals surface area contributed by atoms with Crippen LogP contribution in [0.15, 0.2) is 0 Å². The van der Waals surface area contributed by atoms with Gasteiger partial charge in [-0.25, -0.2) is 0 Å². The number of esters is 2. The Kier molecular flexibility index (Phi) is 77.3. The first-order chi connectivity index (χ1) is 47.0. The molecular weight excluding hydrogens is 1210 g/mol. The number of phosphoric acid groups is 1. The molecule has 574 valence electrons. The third-order valence-corrected chi connectivity index (χ3v) is 21.6. The van der Waals surface area contributed by atoms with Gasteiger partial charge in [-0.05, 0) is 12.8 Å². The average Bonchev–Trinajstić information content (AvgIpc) is 2.54. The standard InChI is InChI=1S/C86H172NO8P/c1-6-8-10-12-14-16-18-20-22-24-26-28-30-32-34-36-38-39-40-41-42-43-44-45-46-47-49-51-53-55-57-59-61-63-65-67-69-71-73-75-77-79-86(89)95-84(83-94-96(90,91)93-81-80-87(3,4)5)82-92-85(88)78-76-74-72-70-68-66-64-62-60-58-56-54-52-50-48-37-35-33-31-29-27-25-23-21-19-17-15-13-11-9-7-2/h84H,6-83H2,1-5H3. The number of phosphoric ester groups is 1. The van der Waals surface area contributed by atoms with Crippen molar-refractivity contribution in [2.75, 3.05) is 47.5 Å². The van der Waals surface area contributed by atoms with Crippen molar-refractivity contribution in [2.24, 2.45) is 0 Å². The monoisotopic (exact) mass is 1380 g/mol. The molecule has 0 fully saturated rings. The summed E-state index contributed by atoms with van der Waals surface area (Å²) in [6, 6.07) is 0. The molecule has 0 rings (SSSR count). The number of nitrogens with zero attached hydrogens (tertiary/aromatic N) is 1. The highest BCUT2D eigenvalue weighted by atomic mass is 31.2. The van der Waals surface area contributed by atoms with Crippen LogP contribution >= 0.6 is 7.82 Å². The van der Waals surface area contributed by atoms with E-state index in [0.717, 1.165) is 32.1 Å². The first-order valence-corrected chi connectivity index (χ1v) is 45.2. The molecule has 2 atom stereocenters. The minimum absolute atomic E-state index is 0.0246. The molecule has 0 N–H and O–H groups in total. The molecule has 9 nitrogen and oxygen atoms in total. The van der Waals surface area contributed by atoms with Gasteiger partial charge in [0.05, 0.1) is 27.7 Å². The van der Waals surface area contributed by atoms with E-state index in [2.05, 4.69) is 13.8 Å². The number of unbranched alkanes of at least 4 members (excludes halogenated alkanes) is 70. The van der Waals surface area contributed by atoms with Gasteiger partial charge in [-0.15, -0.1) is 0 Å². The molecular formula is C86H172NO8P. The number of carbonyl (C=O) groups excluding carboxylic acids is 2. The van der Waals surface area contributed by atoms with Crippen LogP contribution in [-0.4, -0.2) is 70.0 Å². The zero-order chi connectivity index (χ0) is 69.7. The van der Waals surface area contributed by atoms with Crippen LogP contribution in [0.2, 0.25) is 0 Å². The second-order valence-corrected chi connectivity index (χ2v) is 33.0. The highest BCUT2D eigenvalue weighted by Crippen LogP contribution is 2.38. The second kappa shape index (κ2) is 78.2. The third-order valence-electron chi connectivity index (χ3n) is 20.6. The fraction of sp³-hybridized carbons (Fsp3) is 0.977. The maximum Gasteiger partial charge on any atom is 0.306 e. The predicted octanol–water partition coefficient (Wildman–Crippen LogP) is 28.6.